The molecule has 2 aromatic carbocycles. The molecule has 21 heavy (non-hydrogen) atoms. The number of ketones is 1. The van der Waals surface area contributed by atoms with Gasteiger partial charge < -0.3 is 0 Å². The molecule has 0 saturated heterocycles. The lowest BCUT2D eigenvalue weighted by atomic mass is 9.74. The number of rotatable bonds is 2. The van der Waals surface area contributed by atoms with Crippen molar-refractivity contribution >= 4 is 27.3 Å². The molecule has 2 atom stereocenters. The number of carbonyl (C=O) groups excluding carboxylic acids is 1. The van der Waals surface area contributed by atoms with Gasteiger partial charge in [-0.3, -0.25) is 4.79 Å². The minimum atomic E-state index is 0.0404. The van der Waals surface area contributed by atoms with Gasteiger partial charge in [-0.15, -0.1) is 0 Å². The summed E-state index contributed by atoms with van der Waals surface area (Å²) >= 11 is 3.47. The fraction of sp³-hybridized carbons (Fsp3) is 0.211. The number of carbonyl (C=O) groups is 1. The Labute approximate surface area is 133 Å². The molecule has 106 valence electrons. The van der Waals surface area contributed by atoms with E-state index < -0.39 is 0 Å². The van der Waals surface area contributed by atoms with Crippen LogP contribution in [-0.2, 0) is 4.79 Å². The van der Waals surface area contributed by atoms with E-state index in [9.17, 15) is 4.79 Å². The molecule has 1 nitrogen and oxygen atoms in total. The summed E-state index contributed by atoms with van der Waals surface area (Å²) in [6.07, 6.45) is 2.74. The number of hydrogen-bond acceptors (Lipinski definition) is 1. The third-order valence-corrected chi connectivity index (χ3v) is 4.78. The highest BCUT2D eigenvalue weighted by molar-refractivity contribution is 9.10. The van der Waals surface area contributed by atoms with E-state index in [1.54, 1.807) is 0 Å². The number of halogens is 1. The molecule has 1 aliphatic rings. The zero-order valence-electron chi connectivity index (χ0n) is 11.9. The van der Waals surface area contributed by atoms with E-state index in [2.05, 4.69) is 40.2 Å². The van der Waals surface area contributed by atoms with E-state index in [-0.39, 0.29) is 17.6 Å². The lowest BCUT2D eigenvalue weighted by molar-refractivity contribution is -0.118. The van der Waals surface area contributed by atoms with Gasteiger partial charge in [-0.2, -0.15) is 0 Å². The van der Waals surface area contributed by atoms with Crippen molar-refractivity contribution in [3.63, 3.8) is 0 Å². The smallest absolute Gasteiger partial charge is 0.159 e. The van der Waals surface area contributed by atoms with E-state index in [0.717, 1.165) is 22.0 Å². The Morgan fingerprint density at radius 1 is 1.00 bits per heavy atom. The van der Waals surface area contributed by atoms with Crippen LogP contribution in [0.4, 0.5) is 0 Å². The van der Waals surface area contributed by atoms with Crippen LogP contribution in [0.2, 0.25) is 0 Å². The van der Waals surface area contributed by atoms with E-state index in [1.807, 2.05) is 43.3 Å². The van der Waals surface area contributed by atoms with Gasteiger partial charge in [-0.1, -0.05) is 65.3 Å². The molecule has 0 heterocycles. The van der Waals surface area contributed by atoms with Crippen LogP contribution in [0.5, 0.6) is 0 Å². The predicted octanol–water partition coefficient (Wildman–Crippen LogP) is 5.23. The first-order valence-electron chi connectivity index (χ1n) is 7.20. The molecule has 0 amide bonds. The van der Waals surface area contributed by atoms with Gasteiger partial charge in [-0.25, -0.2) is 0 Å². The van der Waals surface area contributed by atoms with E-state index in [4.69, 9.17) is 0 Å². The van der Waals surface area contributed by atoms with Gasteiger partial charge in [0.05, 0.1) is 0 Å². The van der Waals surface area contributed by atoms with Gasteiger partial charge in [0.15, 0.2) is 5.78 Å². The van der Waals surface area contributed by atoms with Crippen molar-refractivity contribution in [1.82, 2.24) is 0 Å². The van der Waals surface area contributed by atoms with E-state index in [0.29, 0.717) is 0 Å². The molecule has 2 heteroatoms. The summed E-state index contributed by atoms with van der Waals surface area (Å²) in [6, 6.07) is 18.5. The van der Waals surface area contributed by atoms with Crippen molar-refractivity contribution in [2.24, 2.45) is 5.92 Å². The summed E-state index contributed by atoms with van der Waals surface area (Å²) in [5.74, 6) is 0.525. The average molecular weight is 341 g/mol. The molecule has 0 saturated carbocycles. The van der Waals surface area contributed by atoms with Gasteiger partial charge >= 0.3 is 0 Å². The number of hydrogen-bond donors (Lipinski definition) is 0. The van der Waals surface area contributed by atoms with Crippen LogP contribution in [0.3, 0.4) is 0 Å². The standard InChI is InChI=1S/C19H17BrO/c1-13-18(15-7-9-17(20)10-8-15)11-16(12-19(13)21)14-5-3-2-4-6-14/h2-10,12-13,18H,11H2,1H3/t13-,18+/m0/s1. The fourth-order valence-electron chi connectivity index (χ4n) is 2.94. The summed E-state index contributed by atoms with van der Waals surface area (Å²) in [6.45, 7) is 2.04. The van der Waals surface area contributed by atoms with Crippen LogP contribution in [0.25, 0.3) is 5.57 Å². The SMILES string of the molecule is C[C@@H]1C(=O)C=C(c2ccccc2)C[C@H]1c1ccc(Br)cc1. The van der Waals surface area contributed by atoms with Crippen LogP contribution in [0.15, 0.2) is 65.1 Å². The molecule has 0 aliphatic heterocycles. The Balaban J connectivity index is 1.95. The quantitative estimate of drug-likeness (QED) is 0.731. The molecule has 3 rings (SSSR count). The number of allylic oxidation sites excluding steroid dienone is 2. The second kappa shape index (κ2) is 5.98. The molecule has 0 spiro atoms. The molecule has 1 aliphatic carbocycles. The van der Waals surface area contributed by atoms with Crippen molar-refractivity contribution in [2.75, 3.05) is 0 Å². The first-order valence-corrected chi connectivity index (χ1v) is 8.00. The second-order valence-electron chi connectivity index (χ2n) is 5.59. The molecule has 0 aromatic heterocycles. The molecule has 2 aromatic rings. The minimum Gasteiger partial charge on any atom is -0.295 e. The second-order valence-corrected chi connectivity index (χ2v) is 6.50. The molecule has 0 N–H and O–H groups in total. The van der Waals surface area contributed by atoms with Crippen LogP contribution in [0.1, 0.15) is 30.4 Å². The Morgan fingerprint density at radius 2 is 1.67 bits per heavy atom. The van der Waals surface area contributed by atoms with Crippen molar-refractivity contribution < 1.29 is 4.79 Å². The highest BCUT2D eigenvalue weighted by atomic mass is 79.9. The summed E-state index contributed by atoms with van der Waals surface area (Å²) in [7, 11) is 0. The van der Waals surface area contributed by atoms with Crippen molar-refractivity contribution in [3.05, 3.63) is 76.3 Å². The van der Waals surface area contributed by atoms with Crippen molar-refractivity contribution in [2.45, 2.75) is 19.3 Å². The normalized spacial score (nSPS) is 22.0. The maximum atomic E-state index is 12.3. The van der Waals surface area contributed by atoms with Gasteiger partial charge in [0.25, 0.3) is 0 Å². The summed E-state index contributed by atoms with van der Waals surface area (Å²) in [4.78, 5) is 12.3. The third kappa shape index (κ3) is 3.01. The van der Waals surface area contributed by atoms with Crippen LogP contribution in [0, 0.1) is 5.92 Å². The third-order valence-electron chi connectivity index (χ3n) is 4.25. The Kier molecular flexibility index (Phi) is 4.07. The maximum Gasteiger partial charge on any atom is 0.159 e. The van der Waals surface area contributed by atoms with Crippen LogP contribution >= 0.6 is 15.9 Å². The van der Waals surface area contributed by atoms with Gasteiger partial charge in [-0.05, 0) is 47.2 Å². The average Bonchev–Trinajstić information content (AvgIpc) is 2.52. The molecule has 0 fully saturated rings. The lowest BCUT2D eigenvalue weighted by Gasteiger charge is -2.28. The minimum absolute atomic E-state index is 0.0404. The predicted molar refractivity (Wildman–Crippen MR) is 90.1 cm³/mol. The lowest BCUT2D eigenvalue weighted by Crippen LogP contribution is -2.23. The van der Waals surface area contributed by atoms with Gasteiger partial charge in [0.1, 0.15) is 0 Å². The Bertz CT molecular complexity index is 670. The molecule has 0 radical (unpaired) electrons. The topological polar surface area (TPSA) is 17.1 Å². The number of benzene rings is 2. The van der Waals surface area contributed by atoms with Crippen LogP contribution in [-0.4, -0.2) is 5.78 Å². The monoisotopic (exact) mass is 340 g/mol. The highest BCUT2D eigenvalue weighted by Crippen LogP contribution is 2.39. The molecular formula is C19H17BrO. The summed E-state index contributed by atoms with van der Waals surface area (Å²) in [5.41, 5.74) is 3.53. The van der Waals surface area contributed by atoms with E-state index in [1.165, 1.54) is 5.56 Å². The maximum absolute atomic E-state index is 12.3. The highest BCUT2D eigenvalue weighted by Gasteiger charge is 2.30. The molecular weight excluding hydrogens is 324 g/mol. The largest absolute Gasteiger partial charge is 0.295 e. The first kappa shape index (κ1) is 14.3. The van der Waals surface area contributed by atoms with Crippen molar-refractivity contribution in [3.8, 4) is 0 Å². The Hall–Kier alpha value is -1.67. The zero-order valence-corrected chi connectivity index (χ0v) is 13.5. The van der Waals surface area contributed by atoms with Crippen LogP contribution < -0.4 is 0 Å². The molecule has 0 bridgehead atoms. The Morgan fingerprint density at radius 3 is 2.33 bits per heavy atom. The van der Waals surface area contributed by atoms with E-state index >= 15 is 0 Å². The zero-order chi connectivity index (χ0) is 14.8. The first-order chi connectivity index (χ1) is 10.1. The molecule has 0 unspecified atom stereocenters. The van der Waals surface area contributed by atoms with Crippen molar-refractivity contribution in [1.29, 1.82) is 0 Å². The summed E-state index contributed by atoms with van der Waals surface area (Å²) < 4.78 is 1.07. The van der Waals surface area contributed by atoms with Gasteiger partial charge in [0, 0.05) is 10.4 Å². The summed E-state index contributed by atoms with van der Waals surface area (Å²) in [5, 5.41) is 0. The fourth-order valence-corrected chi connectivity index (χ4v) is 3.21. The van der Waals surface area contributed by atoms with Gasteiger partial charge in [0.2, 0.25) is 0 Å².